The van der Waals surface area contributed by atoms with Gasteiger partial charge in [-0.2, -0.15) is 0 Å². The average molecular weight is 296 g/mol. The number of nitrogens with one attached hydrogen (secondary N) is 1. The molecule has 2 rings (SSSR count). The first-order chi connectivity index (χ1) is 10.1. The van der Waals surface area contributed by atoms with E-state index in [1.807, 2.05) is 0 Å². The minimum Gasteiger partial charge on any atom is -0.464 e. The Bertz CT molecular complexity index is 418. The van der Waals surface area contributed by atoms with Gasteiger partial charge in [-0.1, -0.05) is 12.2 Å². The van der Waals surface area contributed by atoms with Crippen molar-refractivity contribution in [2.24, 2.45) is 0 Å². The van der Waals surface area contributed by atoms with Crippen LogP contribution in [0.4, 0.5) is 0 Å². The van der Waals surface area contributed by atoms with Crippen LogP contribution in [-0.2, 0) is 19.1 Å². The molecule has 0 spiro atoms. The fourth-order valence-corrected chi connectivity index (χ4v) is 2.90. The standard InChI is InChI=1S/C15H24N2O4/c1-3-21-14(19)15(5-4-13(18)16-15)10-12(2)11-17-6-8-20-9-7-17/h2-11H2,1H3,(H,16,18). The summed E-state index contributed by atoms with van der Waals surface area (Å²) in [7, 11) is 0. The normalized spacial score (nSPS) is 26.4. The van der Waals surface area contributed by atoms with Gasteiger partial charge in [0, 0.05) is 32.5 Å². The Morgan fingerprint density at radius 3 is 2.76 bits per heavy atom. The Labute approximate surface area is 125 Å². The summed E-state index contributed by atoms with van der Waals surface area (Å²) < 4.78 is 10.5. The quantitative estimate of drug-likeness (QED) is 0.570. The summed E-state index contributed by atoms with van der Waals surface area (Å²) in [4.78, 5) is 26.0. The van der Waals surface area contributed by atoms with Crippen molar-refractivity contribution in [3.63, 3.8) is 0 Å². The molecule has 1 amide bonds. The van der Waals surface area contributed by atoms with Crippen LogP contribution >= 0.6 is 0 Å². The van der Waals surface area contributed by atoms with Gasteiger partial charge in [0.25, 0.3) is 0 Å². The number of carbonyl (C=O) groups is 2. The zero-order chi connectivity index (χ0) is 15.3. The van der Waals surface area contributed by atoms with Crippen molar-refractivity contribution in [1.29, 1.82) is 0 Å². The topological polar surface area (TPSA) is 67.9 Å². The third-order valence-corrected chi connectivity index (χ3v) is 3.93. The van der Waals surface area contributed by atoms with E-state index in [4.69, 9.17) is 9.47 Å². The number of hydrogen-bond donors (Lipinski definition) is 1. The second-order valence-corrected chi connectivity index (χ2v) is 5.67. The van der Waals surface area contributed by atoms with Gasteiger partial charge in [0.2, 0.25) is 5.91 Å². The van der Waals surface area contributed by atoms with Gasteiger partial charge >= 0.3 is 5.97 Å². The molecule has 2 heterocycles. The number of morpholine rings is 1. The van der Waals surface area contributed by atoms with Gasteiger partial charge in [-0.25, -0.2) is 4.79 Å². The van der Waals surface area contributed by atoms with Crippen molar-refractivity contribution >= 4 is 11.9 Å². The molecule has 2 saturated heterocycles. The molecule has 0 bridgehead atoms. The zero-order valence-corrected chi connectivity index (χ0v) is 12.7. The van der Waals surface area contributed by atoms with E-state index in [1.54, 1.807) is 6.92 Å². The maximum atomic E-state index is 12.2. The molecule has 0 aromatic heterocycles. The van der Waals surface area contributed by atoms with Crippen LogP contribution < -0.4 is 5.32 Å². The monoisotopic (exact) mass is 296 g/mol. The van der Waals surface area contributed by atoms with E-state index >= 15 is 0 Å². The molecule has 1 atom stereocenters. The third-order valence-electron chi connectivity index (χ3n) is 3.93. The molecular weight excluding hydrogens is 272 g/mol. The number of esters is 1. The van der Waals surface area contributed by atoms with E-state index < -0.39 is 5.54 Å². The van der Waals surface area contributed by atoms with E-state index in [1.165, 1.54) is 0 Å². The molecule has 0 aliphatic carbocycles. The third kappa shape index (κ3) is 4.04. The van der Waals surface area contributed by atoms with Gasteiger partial charge in [-0.05, 0) is 13.3 Å². The Kier molecular flexibility index (Phi) is 5.36. The van der Waals surface area contributed by atoms with Crippen LogP contribution in [0.25, 0.3) is 0 Å². The Morgan fingerprint density at radius 2 is 2.19 bits per heavy atom. The summed E-state index contributed by atoms with van der Waals surface area (Å²) in [6, 6.07) is 0. The van der Waals surface area contributed by atoms with Crippen LogP contribution in [0.2, 0.25) is 0 Å². The van der Waals surface area contributed by atoms with Gasteiger partial charge in [0.15, 0.2) is 0 Å². The van der Waals surface area contributed by atoms with Crippen molar-refractivity contribution in [1.82, 2.24) is 10.2 Å². The molecule has 2 fully saturated rings. The first-order valence-electron chi connectivity index (χ1n) is 7.51. The number of nitrogens with zero attached hydrogens (tertiary/aromatic N) is 1. The highest BCUT2D eigenvalue weighted by atomic mass is 16.5. The average Bonchev–Trinajstić information content (AvgIpc) is 2.82. The Morgan fingerprint density at radius 1 is 1.48 bits per heavy atom. The molecule has 0 radical (unpaired) electrons. The lowest BCUT2D eigenvalue weighted by Crippen LogP contribution is -2.51. The highest BCUT2D eigenvalue weighted by Crippen LogP contribution is 2.29. The maximum absolute atomic E-state index is 12.2. The summed E-state index contributed by atoms with van der Waals surface area (Å²) in [5.41, 5.74) is 0.0170. The smallest absolute Gasteiger partial charge is 0.332 e. The number of carbonyl (C=O) groups excluding carboxylic acids is 2. The molecule has 21 heavy (non-hydrogen) atoms. The second-order valence-electron chi connectivity index (χ2n) is 5.67. The summed E-state index contributed by atoms with van der Waals surface area (Å²) >= 11 is 0. The van der Waals surface area contributed by atoms with Crippen LogP contribution in [0.15, 0.2) is 12.2 Å². The fraction of sp³-hybridized carbons (Fsp3) is 0.733. The lowest BCUT2D eigenvalue weighted by molar-refractivity contribution is -0.151. The highest BCUT2D eigenvalue weighted by molar-refractivity contribution is 5.92. The van der Waals surface area contributed by atoms with Crippen molar-refractivity contribution in [2.75, 3.05) is 39.5 Å². The molecule has 2 aliphatic rings. The van der Waals surface area contributed by atoms with Crippen LogP contribution in [-0.4, -0.2) is 61.8 Å². The first kappa shape index (κ1) is 16.0. The minimum atomic E-state index is -0.920. The van der Waals surface area contributed by atoms with Crippen molar-refractivity contribution in [3.05, 3.63) is 12.2 Å². The molecular formula is C15H24N2O4. The molecule has 118 valence electrons. The van der Waals surface area contributed by atoms with Gasteiger partial charge in [0.1, 0.15) is 5.54 Å². The Balaban J connectivity index is 1.96. The molecule has 2 aliphatic heterocycles. The molecule has 0 saturated carbocycles. The number of amides is 1. The van der Waals surface area contributed by atoms with Crippen molar-refractivity contribution < 1.29 is 19.1 Å². The van der Waals surface area contributed by atoms with Crippen LogP contribution in [0.3, 0.4) is 0 Å². The van der Waals surface area contributed by atoms with Gasteiger partial charge < -0.3 is 14.8 Å². The molecule has 1 unspecified atom stereocenters. The molecule has 0 aromatic carbocycles. The summed E-state index contributed by atoms with van der Waals surface area (Å²) in [6.45, 7) is 10.1. The first-order valence-corrected chi connectivity index (χ1v) is 7.51. The fourth-order valence-electron chi connectivity index (χ4n) is 2.90. The van der Waals surface area contributed by atoms with E-state index in [0.29, 0.717) is 25.9 Å². The number of rotatable bonds is 6. The van der Waals surface area contributed by atoms with E-state index in [2.05, 4.69) is 16.8 Å². The largest absolute Gasteiger partial charge is 0.464 e. The Hall–Kier alpha value is -1.40. The molecule has 6 heteroatoms. The van der Waals surface area contributed by atoms with E-state index in [9.17, 15) is 9.59 Å². The maximum Gasteiger partial charge on any atom is 0.332 e. The van der Waals surface area contributed by atoms with Crippen molar-refractivity contribution in [2.45, 2.75) is 31.7 Å². The lowest BCUT2D eigenvalue weighted by Gasteiger charge is -2.31. The predicted molar refractivity (Wildman–Crippen MR) is 77.8 cm³/mol. The van der Waals surface area contributed by atoms with Gasteiger partial charge in [-0.3, -0.25) is 9.69 Å². The van der Waals surface area contributed by atoms with Crippen molar-refractivity contribution in [3.8, 4) is 0 Å². The molecule has 6 nitrogen and oxygen atoms in total. The molecule has 0 aromatic rings. The lowest BCUT2D eigenvalue weighted by atomic mass is 9.89. The predicted octanol–water partition coefficient (Wildman–Crippen LogP) is 0.477. The molecule has 1 N–H and O–H groups in total. The summed E-state index contributed by atoms with van der Waals surface area (Å²) in [5, 5.41) is 2.80. The van der Waals surface area contributed by atoms with Gasteiger partial charge in [0.05, 0.1) is 19.8 Å². The summed E-state index contributed by atoms with van der Waals surface area (Å²) in [6.07, 6.45) is 1.28. The van der Waals surface area contributed by atoms with E-state index in [-0.39, 0.29) is 11.9 Å². The summed E-state index contributed by atoms with van der Waals surface area (Å²) in [5.74, 6) is -0.443. The number of ether oxygens (including phenoxy) is 2. The minimum absolute atomic E-state index is 0.0952. The van der Waals surface area contributed by atoms with Gasteiger partial charge in [-0.15, -0.1) is 0 Å². The van der Waals surface area contributed by atoms with Crippen LogP contribution in [0, 0.1) is 0 Å². The zero-order valence-electron chi connectivity index (χ0n) is 12.7. The second kappa shape index (κ2) is 7.04. The number of hydrogen-bond acceptors (Lipinski definition) is 5. The highest BCUT2D eigenvalue weighted by Gasteiger charge is 2.46. The SMILES string of the molecule is C=C(CN1CCOCC1)CC1(C(=O)OCC)CCC(=O)N1. The van der Waals surface area contributed by atoms with Crippen LogP contribution in [0.1, 0.15) is 26.2 Å². The van der Waals surface area contributed by atoms with Crippen LogP contribution in [0.5, 0.6) is 0 Å². The van der Waals surface area contributed by atoms with E-state index in [0.717, 1.165) is 38.4 Å².